The van der Waals surface area contributed by atoms with Gasteiger partial charge in [-0.2, -0.15) is 26.3 Å². The molecule has 37 heavy (non-hydrogen) atoms. The van der Waals surface area contributed by atoms with Crippen molar-refractivity contribution in [2.24, 2.45) is 11.7 Å². The molecule has 2 aromatic carbocycles. The second-order valence-corrected chi connectivity index (χ2v) is 9.24. The summed E-state index contributed by atoms with van der Waals surface area (Å²) in [5.41, 5.74) is 3.24. The first-order chi connectivity index (χ1) is 17.0. The van der Waals surface area contributed by atoms with Crippen LogP contribution in [-0.2, 0) is 17.1 Å². The minimum atomic E-state index is -5.03. The van der Waals surface area contributed by atoms with Crippen LogP contribution in [0.4, 0.5) is 35.5 Å². The van der Waals surface area contributed by atoms with Gasteiger partial charge in [-0.1, -0.05) is 6.07 Å². The molecule has 5 nitrogen and oxygen atoms in total. The molecule has 1 fully saturated rings. The van der Waals surface area contributed by atoms with Crippen LogP contribution in [-0.4, -0.2) is 35.3 Å². The first kappa shape index (κ1) is 28.3. The van der Waals surface area contributed by atoms with Gasteiger partial charge in [0.05, 0.1) is 23.2 Å². The van der Waals surface area contributed by atoms with E-state index >= 15 is 0 Å². The van der Waals surface area contributed by atoms with Crippen molar-refractivity contribution in [2.75, 3.05) is 13.6 Å². The Morgan fingerprint density at radius 1 is 1.03 bits per heavy atom. The Bertz CT molecular complexity index is 1150. The van der Waals surface area contributed by atoms with Crippen LogP contribution in [0.3, 0.4) is 0 Å². The van der Waals surface area contributed by atoms with E-state index in [1.54, 1.807) is 6.92 Å². The van der Waals surface area contributed by atoms with Crippen LogP contribution in [0, 0.1) is 18.7 Å². The summed E-state index contributed by atoms with van der Waals surface area (Å²) in [7, 11) is 1.27. The number of amides is 3. The van der Waals surface area contributed by atoms with Gasteiger partial charge < -0.3 is 15.5 Å². The summed E-state index contributed by atoms with van der Waals surface area (Å²) in [6.45, 7) is 3.01. The maximum absolute atomic E-state index is 13.7. The Labute approximate surface area is 209 Å². The fraction of sp³-hybridized carbons (Fsp3) is 0.440. The number of likely N-dealkylation sites (tertiary alicyclic amines) is 1. The van der Waals surface area contributed by atoms with Gasteiger partial charge >= 0.3 is 18.4 Å². The molecule has 0 bridgehead atoms. The zero-order valence-electron chi connectivity index (χ0n) is 20.3. The maximum Gasteiger partial charge on any atom is 0.416 e. The number of urea groups is 1. The molecule has 0 spiro atoms. The molecule has 1 heterocycles. The highest BCUT2D eigenvalue weighted by Gasteiger charge is 2.40. The molecule has 1 aliphatic rings. The standard InChI is InChI=1S/C25H26F7N3O2/c1-13-8-19(26)4-5-20(13)21-11-15(22(33)36)6-7-35(21)23(37)34(3)14(2)16-9-17(24(27,28)29)12-18(10-16)25(30,31)32/h4-5,8-10,12,14-15,21H,6-7,11H2,1-3H3,(H2,33,36). The molecule has 1 saturated heterocycles. The number of rotatable bonds is 4. The molecule has 2 N–H and O–H groups in total. The van der Waals surface area contributed by atoms with Crippen LogP contribution < -0.4 is 5.73 Å². The Morgan fingerprint density at radius 2 is 1.59 bits per heavy atom. The van der Waals surface area contributed by atoms with Crippen LogP contribution in [0.1, 0.15) is 59.7 Å². The van der Waals surface area contributed by atoms with E-state index in [1.807, 2.05) is 0 Å². The molecule has 1 aliphatic heterocycles. The van der Waals surface area contributed by atoms with Crippen molar-refractivity contribution in [3.05, 3.63) is 70.0 Å². The van der Waals surface area contributed by atoms with Crippen LogP contribution in [0.2, 0.25) is 0 Å². The lowest BCUT2D eigenvalue weighted by molar-refractivity contribution is -0.143. The number of benzene rings is 2. The first-order valence-corrected chi connectivity index (χ1v) is 11.4. The minimum absolute atomic E-state index is 0.0278. The van der Waals surface area contributed by atoms with Gasteiger partial charge in [-0.15, -0.1) is 0 Å². The molecule has 0 aromatic heterocycles. The van der Waals surface area contributed by atoms with E-state index in [2.05, 4.69) is 0 Å². The zero-order chi connectivity index (χ0) is 27.9. The van der Waals surface area contributed by atoms with E-state index in [9.17, 15) is 40.3 Å². The normalized spacial score (nSPS) is 19.5. The lowest BCUT2D eigenvalue weighted by Crippen LogP contribution is -2.49. The number of alkyl halides is 6. The van der Waals surface area contributed by atoms with Crippen molar-refractivity contribution < 1.29 is 40.3 Å². The van der Waals surface area contributed by atoms with E-state index in [1.165, 1.54) is 37.1 Å². The van der Waals surface area contributed by atoms with Crippen molar-refractivity contribution in [1.29, 1.82) is 0 Å². The molecule has 3 unspecified atom stereocenters. The molecule has 3 atom stereocenters. The molecule has 0 radical (unpaired) electrons. The molecule has 202 valence electrons. The number of nitrogens with zero attached hydrogens (tertiary/aromatic N) is 2. The summed E-state index contributed by atoms with van der Waals surface area (Å²) in [5.74, 6) is -1.64. The maximum atomic E-state index is 13.7. The number of hydrogen-bond acceptors (Lipinski definition) is 2. The average molecular weight is 533 g/mol. The number of hydrogen-bond donors (Lipinski definition) is 1. The third-order valence-corrected chi connectivity index (χ3v) is 6.82. The van der Waals surface area contributed by atoms with Crippen LogP contribution in [0.15, 0.2) is 36.4 Å². The molecule has 3 amide bonds. The number of aryl methyl sites for hydroxylation is 1. The van der Waals surface area contributed by atoms with Gasteiger partial charge in [0.25, 0.3) is 0 Å². The summed E-state index contributed by atoms with van der Waals surface area (Å²) >= 11 is 0. The Kier molecular flexibility index (Phi) is 7.80. The largest absolute Gasteiger partial charge is 0.416 e. The second-order valence-electron chi connectivity index (χ2n) is 9.24. The topological polar surface area (TPSA) is 66.6 Å². The highest BCUT2D eigenvalue weighted by molar-refractivity contribution is 5.79. The predicted octanol–water partition coefficient (Wildman–Crippen LogP) is 6.22. The van der Waals surface area contributed by atoms with Crippen molar-refractivity contribution in [2.45, 2.75) is 51.1 Å². The zero-order valence-corrected chi connectivity index (χ0v) is 20.3. The number of halogens is 7. The number of nitrogens with two attached hydrogens (primary N) is 1. The second kappa shape index (κ2) is 10.2. The Balaban J connectivity index is 1.98. The molecule has 0 saturated carbocycles. The van der Waals surface area contributed by atoms with E-state index in [-0.39, 0.29) is 31.0 Å². The van der Waals surface area contributed by atoms with Gasteiger partial charge in [-0.3, -0.25) is 4.79 Å². The summed E-state index contributed by atoms with van der Waals surface area (Å²) in [6.07, 6.45) is -9.69. The van der Waals surface area contributed by atoms with Crippen LogP contribution in [0.5, 0.6) is 0 Å². The molecule has 12 heteroatoms. The number of primary amides is 1. The Hall–Kier alpha value is -3.31. The molecule has 0 aliphatic carbocycles. The molecular formula is C25H26F7N3O2. The third kappa shape index (κ3) is 6.16. The van der Waals surface area contributed by atoms with Crippen molar-refractivity contribution in [3.8, 4) is 0 Å². The summed E-state index contributed by atoms with van der Waals surface area (Å²) < 4.78 is 93.7. The van der Waals surface area contributed by atoms with E-state index in [4.69, 9.17) is 5.73 Å². The summed E-state index contributed by atoms with van der Waals surface area (Å²) in [5, 5.41) is 0. The van der Waals surface area contributed by atoms with Gasteiger partial charge in [0.15, 0.2) is 0 Å². The first-order valence-electron chi connectivity index (χ1n) is 11.4. The van der Waals surface area contributed by atoms with Gasteiger partial charge in [0, 0.05) is 19.5 Å². The highest BCUT2D eigenvalue weighted by Crippen LogP contribution is 2.40. The predicted molar refractivity (Wildman–Crippen MR) is 121 cm³/mol. The van der Waals surface area contributed by atoms with Crippen molar-refractivity contribution in [3.63, 3.8) is 0 Å². The van der Waals surface area contributed by atoms with Crippen molar-refractivity contribution in [1.82, 2.24) is 9.80 Å². The lowest BCUT2D eigenvalue weighted by Gasteiger charge is -2.42. The van der Waals surface area contributed by atoms with Gasteiger partial charge in [-0.05, 0) is 73.7 Å². The SMILES string of the molecule is Cc1cc(F)ccc1C1CC(C(N)=O)CCN1C(=O)N(C)C(C)c1cc(C(F)(F)F)cc(C(F)(F)F)c1. The highest BCUT2D eigenvalue weighted by atomic mass is 19.4. The fourth-order valence-corrected chi connectivity index (χ4v) is 4.57. The van der Waals surface area contributed by atoms with E-state index in [0.717, 1.165) is 4.90 Å². The third-order valence-electron chi connectivity index (χ3n) is 6.82. The molecular weight excluding hydrogens is 507 g/mol. The van der Waals surface area contributed by atoms with Crippen molar-refractivity contribution >= 4 is 11.9 Å². The van der Waals surface area contributed by atoms with Crippen LogP contribution in [0.25, 0.3) is 0 Å². The fourth-order valence-electron chi connectivity index (χ4n) is 4.57. The molecule has 3 rings (SSSR count). The molecule has 2 aromatic rings. The Morgan fingerprint density at radius 3 is 2.08 bits per heavy atom. The smallest absolute Gasteiger partial charge is 0.369 e. The number of carbonyl (C=O) groups is 2. The lowest BCUT2D eigenvalue weighted by atomic mass is 9.85. The summed E-state index contributed by atoms with van der Waals surface area (Å²) in [6, 6.07) is 2.60. The van der Waals surface area contributed by atoms with E-state index < -0.39 is 59.2 Å². The van der Waals surface area contributed by atoms with Gasteiger partial charge in [0.2, 0.25) is 5.91 Å². The minimum Gasteiger partial charge on any atom is -0.369 e. The number of carbonyl (C=O) groups excluding carboxylic acids is 2. The van der Waals surface area contributed by atoms with Gasteiger partial charge in [-0.25, -0.2) is 9.18 Å². The van der Waals surface area contributed by atoms with Crippen LogP contribution >= 0.6 is 0 Å². The quantitative estimate of drug-likeness (QED) is 0.474. The average Bonchev–Trinajstić information content (AvgIpc) is 2.81. The van der Waals surface area contributed by atoms with E-state index in [0.29, 0.717) is 23.3 Å². The monoisotopic (exact) mass is 533 g/mol. The van der Waals surface area contributed by atoms with Gasteiger partial charge in [0.1, 0.15) is 5.82 Å². The number of piperidine rings is 1. The summed E-state index contributed by atoms with van der Waals surface area (Å²) in [4.78, 5) is 27.8.